The molecule has 0 aliphatic rings. The second kappa shape index (κ2) is 4.76. The Morgan fingerprint density at radius 3 is 2.75 bits per heavy atom. The highest BCUT2D eigenvalue weighted by molar-refractivity contribution is 7.71. The molecule has 3 rings (SSSR count). The largest absolute Gasteiger partial charge is 0.494 e. The van der Waals surface area contributed by atoms with Crippen LogP contribution in [0.15, 0.2) is 36.4 Å². The summed E-state index contributed by atoms with van der Waals surface area (Å²) in [6.45, 7) is 2.02. The molecule has 5 heteroatoms. The van der Waals surface area contributed by atoms with Crippen molar-refractivity contribution in [3.8, 4) is 11.4 Å². The molecule has 102 valence electrons. The van der Waals surface area contributed by atoms with Gasteiger partial charge in [0.25, 0.3) is 0 Å². The Hall–Kier alpha value is -2.14. The number of hydrogen-bond acceptors (Lipinski definition) is 2. The third-order valence-electron chi connectivity index (χ3n) is 3.22. The van der Waals surface area contributed by atoms with Gasteiger partial charge in [-0.05, 0) is 49.0 Å². The van der Waals surface area contributed by atoms with E-state index in [1.165, 1.54) is 19.2 Å². The number of methoxy groups -OCH3 is 1. The molecule has 1 N–H and O–H groups in total. The summed E-state index contributed by atoms with van der Waals surface area (Å²) in [7, 11) is 1.51. The zero-order valence-corrected chi connectivity index (χ0v) is 11.9. The average Bonchev–Trinajstić information content (AvgIpc) is 2.73. The molecule has 0 bridgehead atoms. The molecular weight excluding hydrogens is 275 g/mol. The number of imidazole rings is 1. The molecule has 2 aromatic carbocycles. The minimum atomic E-state index is -0.340. The minimum absolute atomic E-state index is 0.340. The van der Waals surface area contributed by atoms with Crippen LogP contribution < -0.4 is 4.74 Å². The SMILES string of the molecule is COc1cc(F)ccc1-n1c(=S)[nH]c2cc(C)ccc21. The third-order valence-corrected chi connectivity index (χ3v) is 3.50. The topological polar surface area (TPSA) is 29.9 Å². The predicted octanol–water partition coefficient (Wildman–Crippen LogP) is 4.14. The number of aryl methyl sites for hydroxylation is 1. The van der Waals surface area contributed by atoms with Crippen LogP contribution in [0.25, 0.3) is 16.7 Å². The molecular formula is C15H13FN2OS. The highest BCUT2D eigenvalue weighted by atomic mass is 32.1. The van der Waals surface area contributed by atoms with Gasteiger partial charge in [-0.1, -0.05) is 6.07 Å². The standard InChI is InChI=1S/C15H13FN2OS/c1-9-3-5-12-11(7-9)17-15(20)18(12)13-6-4-10(16)8-14(13)19-2/h3-8H,1-2H3,(H,17,20). The van der Waals surface area contributed by atoms with Gasteiger partial charge in [0, 0.05) is 6.07 Å². The van der Waals surface area contributed by atoms with Crippen LogP contribution in [0.1, 0.15) is 5.56 Å². The number of ether oxygens (including phenoxy) is 1. The van der Waals surface area contributed by atoms with E-state index in [1.54, 1.807) is 6.07 Å². The van der Waals surface area contributed by atoms with Crippen molar-refractivity contribution in [2.45, 2.75) is 6.92 Å². The van der Waals surface area contributed by atoms with Gasteiger partial charge in [0.05, 0.1) is 23.8 Å². The maximum absolute atomic E-state index is 13.3. The molecule has 0 unspecified atom stereocenters. The second-order valence-electron chi connectivity index (χ2n) is 4.60. The summed E-state index contributed by atoms with van der Waals surface area (Å²) in [5.74, 6) is 0.107. The Morgan fingerprint density at radius 2 is 2.00 bits per heavy atom. The van der Waals surface area contributed by atoms with Crippen LogP contribution in [0.5, 0.6) is 5.75 Å². The van der Waals surface area contributed by atoms with Gasteiger partial charge >= 0.3 is 0 Å². The van der Waals surface area contributed by atoms with Crippen LogP contribution in [0, 0.1) is 17.5 Å². The highest BCUT2D eigenvalue weighted by Gasteiger charge is 2.12. The molecule has 0 saturated carbocycles. The van der Waals surface area contributed by atoms with Crippen molar-refractivity contribution in [3.63, 3.8) is 0 Å². The first-order chi connectivity index (χ1) is 9.60. The Kier molecular flexibility index (Phi) is 3.06. The number of H-pyrrole nitrogens is 1. The minimum Gasteiger partial charge on any atom is -0.494 e. The third kappa shape index (κ3) is 2.00. The van der Waals surface area contributed by atoms with Gasteiger partial charge < -0.3 is 9.72 Å². The number of nitrogens with zero attached hydrogens (tertiary/aromatic N) is 1. The summed E-state index contributed by atoms with van der Waals surface area (Å²) in [5.41, 5.74) is 3.74. The zero-order chi connectivity index (χ0) is 14.3. The summed E-state index contributed by atoms with van der Waals surface area (Å²) in [6.07, 6.45) is 0. The molecule has 3 aromatic rings. The molecule has 1 aromatic heterocycles. The van der Waals surface area contributed by atoms with Crippen molar-refractivity contribution in [2.75, 3.05) is 7.11 Å². The van der Waals surface area contributed by atoms with Crippen LogP contribution in [0.3, 0.4) is 0 Å². The van der Waals surface area contributed by atoms with Crippen LogP contribution in [-0.2, 0) is 0 Å². The van der Waals surface area contributed by atoms with Gasteiger partial charge in [-0.3, -0.25) is 4.57 Å². The molecule has 0 saturated heterocycles. The van der Waals surface area contributed by atoms with Crippen molar-refractivity contribution in [3.05, 3.63) is 52.5 Å². The van der Waals surface area contributed by atoms with Gasteiger partial charge in [0.2, 0.25) is 0 Å². The molecule has 0 spiro atoms. The second-order valence-corrected chi connectivity index (χ2v) is 4.99. The van der Waals surface area contributed by atoms with Crippen LogP contribution >= 0.6 is 12.2 Å². The lowest BCUT2D eigenvalue weighted by Gasteiger charge is -2.10. The van der Waals surface area contributed by atoms with E-state index in [-0.39, 0.29) is 5.82 Å². The fourth-order valence-corrected chi connectivity index (χ4v) is 2.61. The van der Waals surface area contributed by atoms with Gasteiger partial charge in [0.15, 0.2) is 4.77 Å². The maximum Gasteiger partial charge on any atom is 0.182 e. The molecule has 1 heterocycles. The molecule has 0 fully saturated rings. The van der Waals surface area contributed by atoms with E-state index < -0.39 is 0 Å². The van der Waals surface area contributed by atoms with Crippen molar-refractivity contribution >= 4 is 23.3 Å². The number of aromatic nitrogens is 2. The van der Waals surface area contributed by atoms with Gasteiger partial charge in [-0.15, -0.1) is 0 Å². The Labute approximate surface area is 120 Å². The van der Waals surface area contributed by atoms with E-state index in [0.29, 0.717) is 16.2 Å². The first kappa shape index (κ1) is 12.9. The number of hydrogen-bond donors (Lipinski definition) is 1. The maximum atomic E-state index is 13.3. The molecule has 0 atom stereocenters. The summed E-state index contributed by atoms with van der Waals surface area (Å²) in [4.78, 5) is 3.16. The van der Waals surface area contributed by atoms with Crippen LogP contribution in [-0.4, -0.2) is 16.7 Å². The van der Waals surface area contributed by atoms with E-state index in [2.05, 4.69) is 4.98 Å². The van der Waals surface area contributed by atoms with Gasteiger partial charge in [0.1, 0.15) is 11.6 Å². The quantitative estimate of drug-likeness (QED) is 0.718. The lowest BCUT2D eigenvalue weighted by molar-refractivity contribution is 0.409. The van der Waals surface area contributed by atoms with Crippen molar-refractivity contribution in [2.24, 2.45) is 0 Å². The molecule has 0 aliphatic carbocycles. The molecule has 0 radical (unpaired) electrons. The smallest absolute Gasteiger partial charge is 0.182 e. The van der Waals surface area contributed by atoms with Crippen molar-refractivity contribution in [1.29, 1.82) is 0 Å². The van der Waals surface area contributed by atoms with E-state index in [1.807, 2.05) is 29.7 Å². The number of benzene rings is 2. The number of rotatable bonds is 2. The number of halogens is 1. The Balaban J connectivity index is 2.35. The fourth-order valence-electron chi connectivity index (χ4n) is 2.30. The van der Waals surface area contributed by atoms with Gasteiger partial charge in [-0.25, -0.2) is 4.39 Å². The number of fused-ring (bicyclic) bond motifs is 1. The lowest BCUT2D eigenvalue weighted by Crippen LogP contribution is -1.98. The zero-order valence-electron chi connectivity index (χ0n) is 11.1. The normalized spacial score (nSPS) is 10.9. The number of nitrogens with one attached hydrogen (secondary N) is 1. The molecule has 0 amide bonds. The van der Waals surface area contributed by atoms with Crippen molar-refractivity contribution < 1.29 is 9.13 Å². The average molecular weight is 288 g/mol. The van der Waals surface area contributed by atoms with Crippen LogP contribution in [0.2, 0.25) is 0 Å². The first-order valence-corrected chi connectivity index (χ1v) is 6.56. The summed E-state index contributed by atoms with van der Waals surface area (Å²) < 4.78 is 21.0. The summed E-state index contributed by atoms with van der Waals surface area (Å²) in [6, 6.07) is 10.4. The Morgan fingerprint density at radius 1 is 1.20 bits per heavy atom. The molecule has 0 aliphatic heterocycles. The fraction of sp³-hybridized carbons (Fsp3) is 0.133. The van der Waals surface area contributed by atoms with E-state index >= 15 is 0 Å². The predicted molar refractivity (Wildman–Crippen MR) is 79.7 cm³/mol. The molecule has 20 heavy (non-hydrogen) atoms. The van der Waals surface area contributed by atoms with E-state index in [9.17, 15) is 4.39 Å². The Bertz CT molecular complexity index is 851. The lowest BCUT2D eigenvalue weighted by atomic mass is 10.2. The van der Waals surface area contributed by atoms with E-state index in [0.717, 1.165) is 16.6 Å². The highest BCUT2D eigenvalue weighted by Crippen LogP contribution is 2.28. The summed E-state index contributed by atoms with van der Waals surface area (Å²) >= 11 is 5.38. The number of aromatic amines is 1. The summed E-state index contributed by atoms with van der Waals surface area (Å²) in [5, 5.41) is 0. The van der Waals surface area contributed by atoms with Crippen molar-refractivity contribution in [1.82, 2.24) is 9.55 Å². The first-order valence-electron chi connectivity index (χ1n) is 6.15. The van der Waals surface area contributed by atoms with Gasteiger partial charge in [-0.2, -0.15) is 0 Å². The molecule has 3 nitrogen and oxygen atoms in total. The monoisotopic (exact) mass is 288 g/mol. The van der Waals surface area contributed by atoms with E-state index in [4.69, 9.17) is 17.0 Å². The van der Waals surface area contributed by atoms with Crippen LogP contribution in [0.4, 0.5) is 4.39 Å².